The van der Waals surface area contributed by atoms with Crippen LogP contribution in [-0.2, 0) is 17.6 Å². The molecule has 2 aliphatic rings. The van der Waals surface area contributed by atoms with Gasteiger partial charge in [0.05, 0.1) is 19.1 Å². The van der Waals surface area contributed by atoms with E-state index in [-0.39, 0.29) is 12.0 Å². The highest BCUT2D eigenvalue weighted by Crippen LogP contribution is 2.26. The van der Waals surface area contributed by atoms with Gasteiger partial charge < -0.3 is 14.7 Å². The third-order valence-electron chi connectivity index (χ3n) is 4.77. The van der Waals surface area contributed by atoms with Crippen molar-refractivity contribution in [1.82, 2.24) is 9.80 Å². The normalized spacial score (nSPS) is 19.3. The van der Waals surface area contributed by atoms with Crippen molar-refractivity contribution in [2.75, 3.05) is 39.3 Å². The number of nitrogens with zero attached hydrogens (tertiary/aromatic N) is 2. The van der Waals surface area contributed by atoms with Gasteiger partial charge in [-0.2, -0.15) is 0 Å². The van der Waals surface area contributed by atoms with Gasteiger partial charge in [-0.15, -0.1) is 0 Å². The summed E-state index contributed by atoms with van der Waals surface area (Å²) in [7, 11) is 0. The van der Waals surface area contributed by atoms with Crippen molar-refractivity contribution in [1.29, 1.82) is 0 Å². The van der Waals surface area contributed by atoms with E-state index in [0.717, 1.165) is 56.9 Å². The van der Waals surface area contributed by atoms with E-state index < -0.39 is 0 Å². The van der Waals surface area contributed by atoms with Crippen LogP contribution in [0, 0.1) is 0 Å². The molecular formula is C18H26N2O3. The number of benzene rings is 1. The Morgan fingerprint density at radius 3 is 2.83 bits per heavy atom. The van der Waals surface area contributed by atoms with Gasteiger partial charge in [-0.3, -0.25) is 9.69 Å². The summed E-state index contributed by atoms with van der Waals surface area (Å²) in [6, 6.07) is 6.08. The fourth-order valence-corrected chi connectivity index (χ4v) is 3.24. The molecule has 1 atom stereocenters. The average molecular weight is 318 g/mol. The van der Waals surface area contributed by atoms with Crippen LogP contribution in [0.5, 0.6) is 5.75 Å². The summed E-state index contributed by atoms with van der Waals surface area (Å²) in [6.07, 6.45) is 1.92. The van der Waals surface area contributed by atoms with Crippen molar-refractivity contribution in [3.63, 3.8) is 0 Å². The first kappa shape index (κ1) is 16.3. The van der Waals surface area contributed by atoms with Crippen molar-refractivity contribution < 1.29 is 14.6 Å². The first-order valence-corrected chi connectivity index (χ1v) is 8.58. The Kier molecular flexibility index (Phi) is 5.18. The van der Waals surface area contributed by atoms with E-state index in [1.807, 2.05) is 24.0 Å². The van der Waals surface area contributed by atoms with E-state index in [1.54, 1.807) is 0 Å². The van der Waals surface area contributed by atoms with E-state index in [4.69, 9.17) is 4.74 Å². The molecule has 0 aromatic heterocycles. The molecule has 23 heavy (non-hydrogen) atoms. The van der Waals surface area contributed by atoms with Gasteiger partial charge in [-0.1, -0.05) is 19.1 Å². The summed E-state index contributed by atoms with van der Waals surface area (Å²) in [5.74, 6) is 1.16. The van der Waals surface area contributed by atoms with E-state index in [9.17, 15) is 9.90 Å². The molecule has 5 nitrogen and oxygen atoms in total. The van der Waals surface area contributed by atoms with E-state index in [1.165, 1.54) is 5.56 Å². The molecule has 1 aromatic carbocycles. The van der Waals surface area contributed by atoms with Crippen LogP contribution in [0.4, 0.5) is 0 Å². The number of amides is 1. The molecule has 1 fully saturated rings. The molecule has 0 spiro atoms. The molecule has 0 aliphatic carbocycles. The number of carbonyl (C=O) groups is 1. The first-order chi connectivity index (χ1) is 11.2. The Balaban J connectivity index is 1.50. The van der Waals surface area contributed by atoms with Gasteiger partial charge in [0.2, 0.25) is 5.91 Å². The monoisotopic (exact) mass is 318 g/mol. The lowest BCUT2D eigenvalue weighted by Crippen LogP contribution is -2.50. The number of β-amino-alcohol motifs (C(OH)–C–C–N with tert-alkyl or cyclic N) is 1. The molecule has 0 saturated carbocycles. The fourth-order valence-electron chi connectivity index (χ4n) is 3.24. The lowest BCUT2D eigenvalue weighted by Gasteiger charge is -2.35. The molecule has 3 rings (SSSR count). The quantitative estimate of drug-likeness (QED) is 0.883. The largest absolute Gasteiger partial charge is 0.493 e. The molecule has 1 N–H and O–H groups in total. The molecule has 0 unspecified atom stereocenters. The van der Waals surface area contributed by atoms with E-state index >= 15 is 0 Å². The smallest absolute Gasteiger partial charge is 0.227 e. The summed E-state index contributed by atoms with van der Waals surface area (Å²) in [5, 5.41) is 9.72. The highest BCUT2D eigenvalue weighted by Gasteiger charge is 2.22. The summed E-state index contributed by atoms with van der Waals surface area (Å²) >= 11 is 0. The van der Waals surface area contributed by atoms with Crippen LogP contribution in [0.1, 0.15) is 24.5 Å². The topological polar surface area (TPSA) is 53.0 Å². The number of rotatable bonds is 5. The third kappa shape index (κ3) is 4.03. The Bertz CT molecular complexity index is 553. The molecular weight excluding hydrogens is 292 g/mol. The van der Waals surface area contributed by atoms with Crippen LogP contribution in [0.3, 0.4) is 0 Å². The van der Waals surface area contributed by atoms with Gasteiger partial charge >= 0.3 is 0 Å². The minimum Gasteiger partial charge on any atom is -0.493 e. The molecule has 2 heterocycles. The lowest BCUT2D eigenvalue weighted by molar-refractivity contribution is -0.132. The standard InChI is InChI=1S/C18H26N2O3/c1-2-16(21)13-19-6-8-20(9-7-19)18(22)12-14-3-4-17-15(11-14)5-10-23-17/h3-4,11,16,21H,2,5-10,12-13H2,1H3/t16-/m0/s1. The van der Waals surface area contributed by atoms with Crippen molar-refractivity contribution in [2.45, 2.75) is 32.3 Å². The number of piperazine rings is 1. The zero-order valence-electron chi connectivity index (χ0n) is 13.8. The first-order valence-electron chi connectivity index (χ1n) is 8.58. The van der Waals surface area contributed by atoms with Gasteiger partial charge in [0, 0.05) is 39.1 Å². The summed E-state index contributed by atoms with van der Waals surface area (Å²) in [4.78, 5) is 16.7. The minimum absolute atomic E-state index is 0.194. The van der Waals surface area contributed by atoms with Crippen LogP contribution in [0.15, 0.2) is 18.2 Å². The maximum atomic E-state index is 12.5. The Morgan fingerprint density at radius 1 is 1.30 bits per heavy atom. The van der Waals surface area contributed by atoms with Crippen LogP contribution in [0.25, 0.3) is 0 Å². The zero-order valence-corrected chi connectivity index (χ0v) is 13.8. The molecule has 0 radical (unpaired) electrons. The Morgan fingerprint density at radius 2 is 2.09 bits per heavy atom. The van der Waals surface area contributed by atoms with Crippen molar-refractivity contribution in [3.8, 4) is 5.75 Å². The van der Waals surface area contributed by atoms with Gasteiger partial charge in [0.15, 0.2) is 0 Å². The Hall–Kier alpha value is -1.59. The van der Waals surface area contributed by atoms with E-state index in [0.29, 0.717) is 13.0 Å². The molecule has 1 aromatic rings. The molecule has 126 valence electrons. The van der Waals surface area contributed by atoms with Gasteiger partial charge in [-0.25, -0.2) is 0 Å². The average Bonchev–Trinajstić information content (AvgIpc) is 3.03. The maximum absolute atomic E-state index is 12.5. The highest BCUT2D eigenvalue weighted by molar-refractivity contribution is 5.79. The predicted molar refractivity (Wildman–Crippen MR) is 88.7 cm³/mol. The van der Waals surface area contributed by atoms with Crippen LogP contribution >= 0.6 is 0 Å². The number of ether oxygens (including phenoxy) is 1. The van der Waals surface area contributed by atoms with Crippen LogP contribution in [0.2, 0.25) is 0 Å². The molecule has 1 amide bonds. The van der Waals surface area contributed by atoms with Crippen LogP contribution in [-0.4, -0.2) is 66.2 Å². The number of hydrogen-bond acceptors (Lipinski definition) is 4. The second kappa shape index (κ2) is 7.32. The lowest BCUT2D eigenvalue weighted by atomic mass is 10.1. The zero-order chi connectivity index (χ0) is 16.2. The van der Waals surface area contributed by atoms with Gasteiger partial charge in [0.25, 0.3) is 0 Å². The molecule has 5 heteroatoms. The minimum atomic E-state index is -0.258. The van der Waals surface area contributed by atoms with Crippen molar-refractivity contribution in [3.05, 3.63) is 29.3 Å². The Labute approximate surface area is 137 Å². The second-order valence-corrected chi connectivity index (χ2v) is 6.46. The number of carbonyl (C=O) groups excluding carboxylic acids is 1. The highest BCUT2D eigenvalue weighted by atomic mass is 16.5. The molecule has 0 bridgehead atoms. The van der Waals surface area contributed by atoms with Crippen molar-refractivity contribution in [2.24, 2.45) is 0 Å². The third-order valence-corrected chi connectivity index (χ3v) is 4.77. The SMILES string of the molecule is CC[C@H](O)CN1CCN(C(=O)Cc2ccc3c(c2)CCO3)CC1. The summed E-state index contributed by atoms with van der Waals surface area (Å²) < 4.78 is 5.51. The predicted octanol–water partition coefficient (Wildman–Crippen LogP) is 1.08. The number of fused-ring (bicyclic) bond motifs is 1. The number of aliphatic hydroxyl groups is 1. The summed E-state index contributed by atoms with van der Waals surface area (Å²) in [5.41, 5.74) is 2.29. The van der Waals surface area contributed by atoms with Crippen molar-refractivity contribution >= 4 is 5.91 Å². The number of hydrogen-bond donors (Lipinski definition) is 1. The fraction of sp³-hybridized carbons (Fsp3) is 0.611. The molecule has 1 saturated heterocycles. The summed E-state index contributed by atoms with van der Waals surface area (Å²) in [6.45, 7) is 6.65. The van der Waals surface area contributed by atoms with Gasteiger partial charge in [0.1, 0.15) is 5.75 Å². The second-order valence-electron chi connectivity index (χ2n) is 6.46. The van der Waals surface area contributed by atoms with Crippen LogP contribution < -0.4 is 4.74 Å². The van der Waals surface area contributed by atoms with Gasteiger partial charge in [-0.05, 0) is 23.6 Å². The maximum Gasteiger partial charge on any atom is 0.227 e. The molecule has 2 aliphatic heterocycles. The number of aliphatic hydroxyl groups excluding tert-OH is 1. The van der Waals surface area contributed by atoms with E-state index in [2.05, 4.69) is 11.0 Å².